The van der Waals surface area contributed by atoms with Gasteiger partial charge in [-0.1, -0.05) is 0 Å². The first-order valence-electron chi connectivity index (χ1n) is 8.15. The Balaban J connectivity index is 0.000000242. The van der Waals surface area contributed by atoms with Crippen molar-refractivity contribution < 1.29 is 27.5 Å². The number of likely N-dealkylation sites (tertiary alicyclic amines) is 1. The van der Waals surface area contributed by atoms with Gasteiger partial charge in [0.05, 0.1) is 12.7 Å². The third kappa shape index (κ3) is 4.81. The highest BCUT2D eigenvalue weighted by atomic mass is 19.4. The number of oxazole rings is 1. The first-order valence-corrected chi connectivity index (χ1v) is 8.15. The molecule has 1 aliphatic carbocycles. The molecular weight excluding hydrogens is 355 g/mol. The van der Waals surface area contributed by atoms with E-state index in [0.29, 0.717) is 11.8 Å². The maximum Gasteiger partial charge on any atom is 0.490 e. The van der Waals surface area contributed by atoms with Crippen LogP contribution in [-0.4, -0.2) is 55.4 Å². The Bertz CT molecular complexity index is 727. The van der Waals surface area contributed by atoms with Crippen LogP contribution in [0.2, 0.25) is 0 Å². The number of halogens is 3. The Labute approximate surface area is 146 Å². The van der Waals surface area contributed by atoms with Gasteiger partial charge in [0.1, 0.15) is 17.9 Å². The predicted molar refractivity (Wildman–Crippen MR) is 81.2 cm³/mol. The van der Waals surface area contributed by atoms with Crippen LogP contribution in [0, 0.1) is 0 Å². The molecule has 1 saturated carbocycles. The Kier molecular flexibility index (Phi) is 5.25. The van der Waals surface area contributed by atoms with E-state index >= 15 is 0 Å². The van der Waals surface area contributed by atoms with Crippen molar-refractivity contribution in [2.45, 2.75) is 43.8 Å². The number of nitrogens with one attached hydrogen (secondary N) is 1. The summed E-state index contributed by atoms with van der Waals surface area (Å²) in [6.45, 7) is 2.93. The van der Waals surface area contributed by atoms with E-state index in [1.807, 2.05) is 6.20 Å². The lowest BCUT2D eigenvalue weighted by Gasteiger charge is -2.12. The number of aromatic nitrogens is 4. The standard InChI is InChI=1S/C13H17N5O.C2HF3O2/c1-2-9(1)13-14-5-11(19-13)7-18-4-3-10(6-18)12-15-8-16-17-12;3-2(4,5)1(6)7/h5,8-10H,1-4,6-7H2,(H,15,16,17);(H,6,7). The van der Waals surface area contributed by atoms with Gasteiger partial charge in [0.2, 0.25) is 0 Å². The highest BCUT2D eigenvalue weighted by molar-refractivity contribution is 5.73. The van der Waals surface area contributed by atoms with Crippen LogP contribution in [-0.2, 0) is 11.3 Å². The van der Waals surface area contributed by atoms with Crippen molar-refractivity contribution >= 4 is 5.97 Å². The average Bonchev–Trinajstić information content (AvgIpc) is 3.00. The molecule has 3 heterocycles. The van der Waals surface area contributed by atoms with Gasteiger partial charge in [0, 0.05) is 18.4 Å². The number of nitrogens with zero attached hydrogens (tertiary/aromatic N) is 4. The summed E-state index contributed by atoms with van der Waals surface area (Å²) < 4.78 is 37.5. The second kappa shape index (κ2) is 7.44. The molecule has 11 heteroatoms. The molecule has 142 valence electrons. The molecule has 0 radical (unpaired) electrons. The highest BCUT2D eigenvalue weighted by Crippen LogP contribution is 2.39. The van der Waals surface area contributed by atoms with Crippen molar-refractivity contribution in [3.8, 4) is 0 Å². The van der Waals surface area contributed by atoms with Gasteiger partial charge >= 0.3 is 12.1 Å². The molecule has 1 saturated heterocycles. The van der Waals surface area contributed by atoms with E-state index in [1.54, 1.807) is 6.33 Å². The van der Waals surface area contributed by atoms with Crippen molar-refractivity contribution in [1.82, 2.24) is 25.1 Å². The molecule has 0 bridgehead atoms. The molecule has 1 atom stereocenters. The molecule has 1 unspecified atom stereocenters. The zero-order chi connectivity index (χ0) is 18.7. The van der Waals surface area contributed by atoms with E-state index in [1.165, 1.54) is 12.8 Å². The molecule has 1 aliphatic heterocycles. The van der Waals surface area contributed by atoms with Crippen molar-refractivity contribution in [1.29, 1.82) is 0 Å². The second-order valence-corrected chi connectivity index (χ2v) is 6.33. The summed E-state index contributed by atoms with van der Waals surface area (Å²) in [7, 11) is 0. The molecule has 4 rings (SSSR count). The zero-order valence-corrected chi connectivity index (χ0v) is 13.7. The predicted octanol–water partition coefficient (Wildman–Crippen LogP) is 2.29. The van der Waals surface area contributed by atoms with Gasteiger partial charge in [-0.05, 0) is 25.8 Å². The molecular formula is C15H18F3N5O3. The van der Waals surface area contributed by atoms with Gasteiger partial charge in [0.15, 0.2) is 5.89 Å². The number of alkyl halides is 3. The third-order valence-corrected chi connectivity index (χ3v) is 4.21. The minimum Gasteiger partial charge on any atom is -0.475 e. The number of rotatable bonds is 4. The number of carboxylic acids is 1. The number of hydrogen-bond donors (Lipinski definition) is 2. The van der Waals surface area contributed by atoms with Gasteiger partial charge in [-0.3, -0.25) is 10.00 Å². The van der Waals surface area contributed by atoms with Gasteiger partial charge in [-0.15, -0.1) is 0 Å². The van der Waals surface area contributed by atoms with Gasteiger partial charge in [-0.25, -0.2) is 14.8 Å². The molecule has 26 heavy (non-hydrogen) atoms. The minimum atomic E-state index is -5.08. The summed E-state index contributed by atoms with van der Waals surface area (Å²) in [5, 5.41) is 14.0. The molecule has 2 N–H and O–H groups in total. The summed E-state index contributed by atoms with van der Waals surface area (Å²) in [6.07, 6.45) is 1.97. The molecule has 2 aliphatic rings. The van der Waals surface area contributed by atoms with E-state index in [-0.39, 0.29) is 0 Å². The first kappa shape index (κ1) is 18.4. The summed E-state index contributed by atoms with van der Waals surface area (Å²) in [4.78, 5) is 19.9. The number of aromatic amines is 1. The quantitative estimate of drug-likeness (QED) is 0.846. The molecule has 2 aromatic heterocycles. The van der Waals surface area contributed by atoms with Crippen LogP contribution in [0.15, 0.2) is 16.9 Å². The summed E-state index contributed by atoms with van der Waals surface area (Å²) in [6, 6.07) is 0. The summed E-state index contributed by atoms with van der Waals surface area (Å²) in [5.41, 5.74) is 0. The third-order valence-electron chi connectivity index (χ3n) is 4.21. The van der Waals surface area contributed by atoms with Gasteiger partial charge < -0.3 is 9.52 Å². The lowest BCUT2D eigenvalue weighted by atomic mass is 10.1. The summed E-state index contributed by atoms with van der Waals surface area (Å²) >= 11 is 0. The topological polar surface area (TPSA) is 108 Å². The van der Waals surface area contributed by atoms with E-state index < -0.39 is 12.1 Å². The molecule has 2 fully saturated rings. The molecule has 0 aromatic carbocycles. The average molecular weight is 373 g/mol. The Morgan fingerprint density at radius 3 is 2.62 bits per heavy atom. The minimum absolute atomic E-state index is 0.466. The van der Waals surface area contributed by atoms with Gasteiger partial charge in [0.25, 0.3) is 0 Å². The lowest BCUT2D eigenvalue weighted by molar-refractivity contribution is -0.192. The van der Waals surface area contributed by atoms with Crippen molar-refractivity contribution in [3.05, 3.63) is 30.0 Å². The number of H-pyrrole nitrogens is 1. The van der Waals surface area contributed by atoms with E-state index in [9.17, 15) is 13.2 Å². The fourth-order valence-electron chi connectivity index (χ4n) is 2.75. The van der Waals surface area contributed by atoms with Crippen LogP contribution in [0.5, 0.6) is 0 Å². The fraction of sp³-hybridized carbons (Fsp3) is 0.600. The van der Waals surface area contributed by atoms with Crippen LogP contribution in [0.3, 0.4) is 0 Å². The highest BCUT2D eigenvalue weighted by Gasteiger charge is 2.38. The largest absolute Gasteiger partial charge is 0.490 e. The number of aliphatic carboxylic acids is 1. The Hall–Kier alpha value is -2.43. The second-order valence-electron chi connectivity index (χ2n) is 6.33. The number of hydrogen-bond acceptors (Lipinski definition) is 6. The normalized spacial score (nSPS) is 20.7. The zero-order valence-electron chi connectivity index (χ0n) is 13.7. The monoisotopic (exact) mass is 373 g/mol. The first-order chi connectivity index (χ1) is 12.3. The Morgan fingerprint density at radius 2 is 2.04 bits per heavy atom. The molecule has 0 amide bonds. The maximum absolute atomic E-state index is 10.6. The van der Waals surface area contributed by atoms with Crippen molar-refractivity contribution in [3.63, 3.8) is 0 Å². The Morgan fingerprint density at radius 1 is 1.31 bits per heavy atom. The van der Waals surface area contributed by atoms with Crippen LogP contribution in [0.25, 0.3) is 0 Å². The number of carbonyl (C=O) groups is 1. The van der Waals surface area contributed by atoms with E-state index in [0.717, 1.165) is 43.5 Å². The van der Waals surface area contributed by atoms with Crippen molar-refractivity contribution in [2.24, 2.45) is 0 Å². The van der Waals surface area contributed by atoms with Crippen LogP contribution in [0.1, 0.15) is 48.6 Å². The molecule has 0 spiro atoms. The fourth-order valence-corrected chi connectivity index (χ4v) is 2.75. The molecule has 2 aromatic rings. The maximum atomic E-state index is 10.6. The van der Waals surface area contributed by atoms with E-state index in [2.05, 4.69) is 25.1 Å². The lowest BCUT2D eigenvalue weighted by Crippen LogP contribution is -2.21. The van der Waals surface area contributed by atoms with Crippen molar-refractivity contribution in [2.75, 3.05) is 13.1 Å². The van der Waals surface area contributed by atoms with Crippen LogP contribution in [0.4, 0.5) is 13.2 Å². The SMILES string of the molecule is O=C(O)C(F)(F)F.c1n[nH]c(C2CCN(Cc3cnc(C4CC4)o3)C2)n1. The van der Waals surface area contributed by atoms with Crippen LogP contribution < -0.4 is 0 Å². The number of carboxylic acid groups (broad SMARTS) is 1. The van der Waals surface area contributed by atoms with E-state index in [4.69, 9.17) is 14.3 Å². The van der Waals surface area contributed by atoms with Crippen LogP contribution >= 0.6 is 0 Å². The smallest absolute Gasteiger partial charge is 0.475 e. The van der Waals surface area contributed by atoms with Gasteiger partial charge in [-0.2, -0.15) is 18.3 Å². The molecule has 8 nitrogen and oxygen atoms in total. The summed E-state index contributed by atoms with van der Waals surface area (Å²) in [5.74, 6) is 1.22.